The number of rotatable bonds is 0. The highest BCUT2D eigenvalue weighted by molar-refractivity contribution is 5.27. The van der Waals surface area contributed by atoms with Crippen LogP contribution in [0.4, 0.5) is 0 Å². The van der Waals surface area contributed by atoms with Gasteiger partial charge in [0.05, 0.1) is 0 Å². The van der Waals surface area contributed by atoms with Gasteiger partial charge in [0.15, 0.2) is 0 Å². The first kappa shape index (κ1) is 14.4. The van der Waals surface area contributed by atoms with Crippen LogP contribution in [-0.4, -0.2) is 4.98 Å². The molecule has 1 heteroatoms. The Bertz CT molecular complexity index is 377. The number of aromatic nitrogens is 1. The molecule has 18 heavy (non-hydrogen) atoms. The van der Waals surface area contributed by atoms with Crippen molar-refractivity contribution in [1.82, 2.24) is 4.98 Å². The van der Waals surface area contributed by atoms with E-state index < -0.39 is 0 Å². The molecule has 0 bridgehead atoms. The number of hydrogen-bond acceptors (Lipinski definition) is 1. The van der Waals surface area contributed by atoms with Crippen LogP contribution >= 0.6 is 0 Å². The molecule has 0 unspecified atom stereocenters. The van der Waals surface area contributed by atoms with E-state index in [0.29, 0.717) is 0 Å². The average Bonchev–Trinajstić information content (AvgIpc) is 2.12. The molecule has 2 aromatic rings. The minimum atomic E-state index is 1.10. The quantitative estimate of drug-likeness (QED) is 0.656. The van der Waals surface area contributed by atoms with Crippen LogP contribution < -0.4 is 0 Å². The molecule has 0 N–H and O–H groups in total. The number of benzene rings is 1. The maximum Gasteiger partial charge on any atom is 0.0378 e. The molecular formula is C17H23N. The van der Waals surface area contributed by atoms with Crippen LogP contribution in [0.1, 0.15) is 33.6 Å². The van der Waals surface area contributed by atoms with Gasteiger partial charge in [0.2, 0.25) is 0 Å². The van der Waals surface area contributed by atoms with Gasteiger partial charge < -0.3 is 0 Å². The van der Waals surface area contributed by atoms with Crippen molar-refractivity contribution in [2.75, 3.05) is 0 Å². The Morgan fingerprint density at radius 3 is 1.06 bits per heavy atom. The topological polar surface area (TPSA) is 12.9 Å². The Morgan fingerprint density at radius 1 is 0.500 bits per heavy atom. The molecule has 2 rings (SSSR count). The van der Waals surface area contributed by atoms with E-state index in [1.54, 1.807) is 0 Å². The Kier molecular flexibility index (Phi) is 5.08. The summed E-state index contributed by atoms with van der Waals surface area (Å²) in [5, 5.41) is 0. The highest BCUT2D eigenvalue weighted by atomic mass is 14.7. The second-order valence-corrected chi connectivity index (χ2v) is 5.09. The minimum Gasteiger partial charge on any atom is -0.258 e. The molecule has 96 valence electrons. The molecule has 1 nitrogen and oxygen atoms in total. The van der Waals surface area contributed by atoms with Gasteiger partial charge in [0.1, 0.15) is 0 Å². The van der Waals surface area contributed by atoms with E-state index in [4.69, 9.17) is 0 Å². The van der Waals surface area contributed by atoms with E-state index in [0.717, 1.165) is 11.4 Å². The molecule has 0 fully saturated rings. The van der Waals surface area contributed by atoms with Crippen LogP contribution in [-0.2, 0) is 0 Å². The van der Waals surface area contributed by atoms with Crippen LogP contribution in [0.5, 0.6) is 0 Å². The van der Waals surface area contributed by atoms with Crippen LogP contribution in [0.3, 0.4) is 0 Å². The molecule has 0 aliphatic carbocycles. The summed E-state index contributed by atoms with van der Waals surface area (Å²) in [5.41, 5.74) is 7.56. The molecule has 0 radical (unpaired) electrons. The second-order valence-electron chi connectivity index (χ2n) is 5.09. The highest BCUT2D eigenvalue weighted by Gasteiger charge is 1.89. The van der Waals surface area contributed by atoms with Crippen LogP contribution in [0.2, 0.25) is 0 Å². The standard InChI is InChI=1S/C9H12.C8H11N/c1-7-4-8(2)6-9(3)5-7;1-6-4-7(2)9-8(3)5-6/h4-6H,1-3H3;4-5H,1-3H3. The summed E-state index contributed by atoms with van der Waals surface area (Å²) in [5.74, 6) is 0. The molecule has 0 saturated carbocycles. The van der Waals surface area contributed by atoms with E-state index in [2.05, 4.69) is 63.0 Å². The molecule has 0 spiro atoms. The van der Waals surface area contributed by atoms with E-state index in [-0.39, 0.29) is 0 Å². The molecular weight excluding hydrogens is 218 g/mol. The SMILES string of the molecule is Cc1cc(C)cc(C)c1.Cc1cc(C)nc(C)c1. The molecule has 0 aliphatic heterocycles. The van der Waals surface area contributed by atoms with Gasteiger partial charge in [-0.1, -0.05) is 34.9 Å². The van der Waals surface area contributed by atoms with Gasteiger partial charge in [-0.15, -0.1) is 0 Å². The van der Waals surface area contributed by atoms with Crippen molar-refractivity contribution in [3.05, 3.63) is 64.0 Å². The average molecular weight is 241 g/mol. The summed E-state index contributed by atoms with van der Waals surface area (Å²) in [7, 11) is 0. The predicted molar refractivity (Wildman–Crippen MR) is 79.1 cm³/mol. The van der Waals surface area contributed by atoms with E-state index in [1.165, 1.54) is 22.3 Å². The van der Waals surface area contributed by atoms with E-state index in [1.807, 2.05) is 13.8 Å². The van der Waals surface area contributed by atoms with Crippen molar-refractivity contribution in [3.8, 4) is 0 Å². The second kappa shape index (κ2) is 6.34. The van der Waals surface area contributed by atoms with Crippen LogP contribution in [0.15, 0.2) is 30.3 Å². The van der Waals surface area contributed by atoms with Gasteiger partial charge >= 0.3 is 0 Å². The summed E-state index contributed by atoms with van der Waals surface area (Å²) in [6.45, 7) is 12.5. The zero-order valence-corrected chi connectivity index (χ0v) is 12.3. The maximum absolute atomic E-state index is 4.23. The lowest BCUT2D eigenvalue weighted by Gasteiger charge is -1.96. The van der Waals surface area contributed by atoms with E-state index in [9.17, 15) is 0 Å². The molecule has 0 saturated heterocycles. The monoisotopic (exact) mass is 241 g/mol. The Hall–Kier alpha value is -1.63. The third-order valence-corrected chi connectivity index (χ3v) is 2.59. The Balaban J connectivity index is 0.000000180. The lowest BCUT2D eigenvalue weighted by molar-refractivity contribution is 1.10. The maximum atomic E-state index is 4.23. The largest absolute Gasteiger partial charge is 0.258 e. The van der Waals surface area contributed by atoms with E-state index >= 15 is 0 Å². The molecule has 0 atom stereocenters. The highest BCUT2D eigenvalue weighted by Crippen LogP contribution is 2.06. The predicted octanol–water partition coefficient (Wildman–Crippen LogP) is 4.62. The van der Waals surface area contributed by atoms with Crippen molar-refractivity contribution in [3.63, 3.8) is 0 Å². The van der Waals surface area contributed by atoms with Crippen LogP contribution in [0, 0.1) is 41.5 Å². The van der Waals surface area contributed by atoms with Crippen molar-refractivity contribution in [2.24, 2.45) is 0 Å². The normalized spacial score (nSPS) is 9.67. The summed E-state index contributed by atoms with van der Waals surface area (Å²) in [6, 6.07) is 10.7. The first-order valence-electron chi connectivity index (χ1n) is 6.33. The number of hydrogen-bond donors (Lipinski definition) is 0. The molecule has 1 aromatic heterocycles. The summed E-state index contributed by atoms with van der Waals surface area (Å²) < 4.78 is 0. The summed E-state index contributed by atoms with van der Waals surface area (Å²) in [6.07, 6.45) is 0. The third kappa shape index (κ3) is 5.13. The van der Waals surface area contributed by atoms with Gasteiger partial charge in [0.25, 0.3) is 0 Å². The minimum absolute atomic E-state index is 1.10. The van der Waals surface area contributed by atoms with Crippen molar-refractivity contribution in [1.29, 1.82) is 0 Å². The molecule has 0 aliphatic rings. The zero-order valence-electron chi connectivity index (χ0n) is 12.3. The number of aryl methyl sites for hydroxylation is 6. The van der Waals surface area contributed by atoms with Gasteiger partial charge in [0, 0.05) is 11.4 Å². The van der Waals surface area contributed by atoms with Crippen LogP contribution in [0.25, 0.3) is 0 Å². The van der Waals surface area contributed by atoms with Crippen molar-refractivity contribution >= 4 is 0 Å². The number of pyridine rings is 1. The fourth-order valence-electron chi connectivity index (χ4n) is 2.25. The van der Waals surface area contributed by atoms with Gasteiger partial charge in [-0.2, -0.15) is 0 Å². The zero-order chi connectivity index (χ0) is 13.7. The van der Waals surface area contributed by atoms with Gasteiger partial charge in [-0.25, -0.2) is 0 Å². The summed E-state index contributed by atoms with van der Waals surface area (Å²) >= 11 is 0. The lowest BCUT2D eigenvalue weighted by atomic mass is 10.1. The number of nitrogens with zero attached hydrogens (tertiary/aromatic N) is 1. The first-order chi connectivity index (χ1) is 8.36. The fraction of sp³-hybridized carbons (Fsp3) is 0.353. The van der Waals surface area contributed by atoms with Crippen molar-refractivity contribution in [2.45, 2.75) is 41.5 Å². The summed E-state index contributed by atoms with van der Waals surface area (Å²) in [4.78, 5) is 4.23. The molecule has 1 heterocycles. The molecule has 0 amide bonds. The fourth-order valence-corrected chi connectivity index (χ4v) is 2.25. The Morgan fingerprint density at radius 2 is 0.778 bits per heavy atom. The molecule has 1 aromatic carbocycles. The van der Waals surface area contributed by atoms with Crippen molar-refractivity contribution < 1.29 is 0 Å². The lowest BCUT2D eigenvalue weighted by Crippen LogP contribution is -1.85. The van der Waals surface area contributed by atoms with Gasteiger partial charge in [-0.05, 0) is 59.2 Å². The smallest absolute Gasteiger partial charge is 0.0378 e. The first-order valence-corrected chi connectivity index (χ1v) is 6.33. The third-order valence-electron chi connectivity index (χ3n) is 2.59. The van der Waals surface area contributed by atoms with Gasteiger partial charge in [-0.3, -0.25) is 4.98 Å². The Labute approximate surface area is 111 Å².